The zero-order valence-electron chi connectivity index (χ0n) is 13.8. The summed E-state index contributed by atoms with van der Waals surface area (Å²) in [5.74, 6) is -1.62. The molecule has 0 radical (unpaired) electrons. The van der Waals surface area contributed by atoms with Gasteiger partial charge >= 0.3 is 5.97 Å². The summed E-state index contributed by atoms with van der Waals surface area (Å²) in [7, 11) is 0. The number of carboxylic acids is 1. The van der Waals surface area contributed by atoms with Crippen molar-refractivity contribution in [1.29, 1.82) is 0 Å². The standard InChI is InChI=1S/C17H19N5O3.ClH/c18-13(6-11-8-19-9-21-11)16(23)22-15(17(24)25)5-10-7-20-14-4-2-1-3-12(10)14;/h1-4,7-9,13,15,20H,5-6,18H2,(H,19,21)(H,22,23)(H,24,25);1H/t13-,15-;/m0./s1. The van der Waals surface area contributed by atoms with Gasteiger partial charge < -0.3 is 26.1 Å². The van der Waals surface area contributed by atoms with Crippen molar-refractivity contribution in [3.63, 3.8) is 0 Å². The van der Waals surface area contributed by atoms with Crippen molar-refractivity contribution >= 4 is 35.2 Å². The number of aromatic amines is 2. The zero-order chi connectivity index (χ0) is 17.8. The van der Waals surface area contributed by atoms with Gasteiger partial charge in [0.05, 0.1) is 18.1 Å². The first kappa shape index (κ1) is 19.5. The van der Waals surface area contributed by atoms with E-state index in [1.54, 1.807) is 12.4 Å². The Bertz CT molecular complexity index is 878. The molecule has 0 unspecified atom stereocenters. The number of carbonyl (C=O) groups excluding carboxylic acids is 1. The molecule has 2 aromatic heterocycles. The minimum absolute atomic E-state index is 0. The lowest BCUT2D eigenvalue weighted by Gasteiger charge is -2.17. The number of carbonyl (C=O) groups is 2. The first-order valence-corrected chi connectivity index (χ1v) is 7.86. The van der Waals surface area contributed by atoms with E-state index in [1.165, 1.54) is 6.33 Å². The van der Waals surface area contributed by atoms with Crippen LogP contribution in [0.2, 0.25) is 0 Å². The maximum absolute atomic E-state index is 12.2. The second kappa shape index (κ2) is 8.50. The van der Waals surface area contributed by atoms with Gasteiger partial charge in [-0.25, -0.2) is 9.78 Å². The number of amides is 1. The summed E-state index contributed by atoms with van der Waals surface area (Å²) in [6.07, 6.45) is 5.30. The van der Waals surface area contributed by atoms with Crippen LogP contribution in [0.3, 0.4) is 0 Å². The molecule has 3 aromatic rings. The minimum atomic E-state index is -1.11. The average molecular weight is 378 g/mol. The summed E-state index contributed by atoms with van der Waals surface area (Å²) < 4.78 is 0. The van der Waals surface area contributed by atoms with Gasteiger partial charge in [-0.1, -0.05) is 18.2 Å². The molecule has 0 aliphatic heterocycles. The smallest absolute Gasteiger partial charge is 0.326 e. The van der Waals surface area contributed by atoms with E-state index in [2.05, 4.69) is 20.3 Å². The van der Waals surface area contributed by atoms with Crippen LogP contribution in [0.1, 0.15) is 11.3 Å². The summed E-state index contributed by atoms with van der Waals surface area (Å²) in [6.45, 7) is 0. The van der Waals surface area contributed by atoms with Crippen molar-refractivity contribution in [1.82, 2.24) is 20.3 Å². The van der Waals surface area contributed by atoms with Crippen LogP contribution in [0.15, 0.2) is 43.0 Å². The van der Waals surface area contributed by atoms with Gasteiger partial charge in [0.2, 0.25) is 5.91 Å². The number of imidazole rings is 1. The van der Waals surface area contributed by atoms with Gasteiger partial charge in [0.25, 0.3) is 0 Å². The summed E-state index contributed by atoms with van der Waals surface area (Å²) in [5.41, 5.74) is 8.24. The molecule has 0 saturated heterocycles. The molecule has 1 aromatic carbocycles. The Morgan fingerprint density at radius 2 is 2.00 bits per heavy atom. The number of H-pyrrole nitrogens is 2. The Morgan fingerprint density at radius 1 is 1.23 bits per heavy atom. The molecule has 1 amide bonds. The molecule has 0 fully saturated rings. The summed E-state index contributed by atoms with van der Waals surface area (Å²) in [4.78, 5) is 33.7. The number of aromatic nitrogens is 3. The summed E-state index contributed by atoms with van der Waals surface area (Å²) >= 11 is 0. The lowest BCUT2D eigenvalue weighted by Crippen LogP contribution is -2.50. The number of nitrogens with two attached hydrogens (primary N) is 1. The highest BCUT2D eigenvalue weighted by Crippen LogP contribution is 2.19. The molecule has 0 saturated carbocycles. The highest BCUT2D eigenvalue weighted by molar-refractivity contribution is 5.88. The fourth-order valence-corrected chi connectivity index (χ4v) is 2.72. The molecular weight excluding hydrogens is 358 g/mol. The molecule has 26 heavy (non-hydrogen) atoms. The number of benzene rings is 1. The number of nitrogens with zero attached hydrogens (tertiary/aromatic N) is 1. The number of hydrogen-bond donors (Lipinski definition) is 5. The highest BCUT2D eigenvalue weighted by atomic mass is 35.5. The zero-order valence-corrected chi connectivity index (χ0v) is 14.6. The summed E-state index contributed by atoms with van der Waals surface area (Å²) in [5, 5.41) is 12.9. The Morgan fingerprint density at radius 3 is 2.69 bits per heavy atom. The molecule has 2 heterocycles. The maximum atomic E-state index is 12.2. The molecule has 3 rings (SSSR count). The van der Waals surface area contributed by atoms with Crippen molar-refractivity contribution in [2.24, 2.45) is 5.73 Å². The molecule has 0 aliphatic carbocycles. The quantitative estimate of drug-likeness (QED) is 0.418. The second-order valence-corrected chi connectivity index (χ2v) is 5.83. The third-order valence-corrected chi connectivity index (χ3v) is 4.03. The number of para-hydroxylation sites is 1. The van der Waals surface area contributed by atoms with E-state index >= 15 is 0 Å². The molecule has 9 heteroatoms. The molecule has 138 valence electrons. The van der Waals surface area contributed by atoms with E-state index in [4.69, 9.17) is 5.73 Å². The number of aliphatic carboxylic acids is 1. The minimum Gasteiger partial charge on any atom is -0.480 e. The van der Waals surface area contributed by atoms with Crippen LogP contribution in [-0.2, 0) is 22.4 Å². The maximum Gasteiger partial charge on any atom is 0.326 e. The Kier molecular flexibility index (Phi) is 6.37. The van der Waals surface area contributed by atoms with Gasteiger partial charge in [-0.2, -0.15) is 0 Å². The third kappa shape index (κ3) is 4.41. The van der Waals surface area contributed by atoms with E-state index in [0.29, 0.717) is 5.69 Å². The van der Waals surface area contributed by atoms with Crippen LogP contribution in [0, 0.1) is 0 Å². The predicted octanol–water partition coefficient (Wildman–Crippen LogP) is 0.995. The van der Waals surface area contributed by atoms with E-state index < -0.39 is 24.0 Å². The number of fused-ring (bicyclic) bond motifs is 1. The Labute approximate surface area is 155 Å². The normalized spacial score (nSPS) is 13.0. The lowest BCUT2D eigenvalue weighted by atomic mass is 10.0. The van der Waals surface area contributed by atoms with Crippen LogP contribution in [0.25, 0.3) is 10.9 Å². The van der Waals surface area contributed by atoms with Crippen LogP contribution >= 0.6 is 12.4 Å². The van der Waals surface area contributed by atoms with E-state index in [-0.39, 0.29) is 25.2 Å². The van der Waals surface area contributed by atoms with E-state index in [9.17, 15) is 14.7 Å². The number of rotatable bonds is 7. The SMILES string of the molecule is Cl.N[C@@H](Cc1c[nH]cn1)C(=O)N[C@@H](Cc1c[nH]c2ccccc12)C(=O)O. The van der Waals surface area contributed by atoms with Crippen molar-refractivity contribution in [2.75, 3.05) is 0 Å². The fraction of sp³-hybridized carbons (Fsp3) is 0.235. The first-order valence-electron chi connectivity index (χ1n) is 7.86. The third-order valence-electron chi connectivity index (χ3n) is 4.03. The fourth-order valence-electron chi connectivity index (χ4n) is 2.72. The second-order valence-electron chi connectivity index (χ2n) is 5.83. The van der Waals surface area contributed by atoms with E-state index in [0.717, 1.165) is 16.5 Å². The van der Waals surface area contributed by atoms with Crippen LogP contribution in [0.5, 0.6) is 0 Å². The van der Waals surface area contributed by atoms with Gasteiger partial charge in [0.1, 0.15) is 6.04 Å². The van der Waals surface area contributed by atoms with E-state index in [1.807, 2.05) is 24.3 Å². The Hall–Kier alpha value is -2.84. The van der Waals surface area contributed by atoms with Gasteiger partial charge in [-0.3, -0.25) is 4.79 Å². The molecular formula is C17H20ClN5O3. The van der Waals surface area contributed by atoms with Crippen LogP contribution in [-0.4, -0.2) is 44.0 Å². The molecule has 0 spiro atoms. The molecule has 8 nitrogen and oxygen atoms in total. The van der Waals surface area contributed by atoms with Crippen molar-refractivity contribution in [2.45, 2.75) is 24.9 Å². The largest absolute Gasteiger partial charge is 0.480 e. The summed E-state index contributed by atoms with van der Waals surface area (Å²) in [6, 6.07) is 5.67. The Balaban J connectivity index is 0.00000243. The van der Waals surface area contributed by atoms with Crippen molar-refractivity contribution in [3.05, 3.63) is 54.2 Å². The number of hydrogen-bond acceptors (Lipinski definition) is 4. The number of carboxylic acid groups (broad SMARTS) is 1. The monoisotopic (exact) mass is 377 g/mol. The van der Waals surface area contributed by atoms with Gasteiger partial charge in [-0.15, -0.1) is 12.4 Å². The van der Waals surface area contributed by atoms with Gasteiger partial charge in [0.15, 0.2) is 0 Å². The highest BCUT2D eigenvalue weighted by Gasteiger charge is 2.25. The van der Waals surface area contributed by atoms with Crippen LogP contribution < -0.4 is 11.1 Å². The topological polar surface area (TPSA) is 137 Å². The van der Waals surface area contributed by atoms with Gasteiger partial charge in [0, 0.05) is 36.1 Å². The molecule has 0 bridgehead atoms. The number of halogens is 1. The van der Waals surface area contributed by atoms with Gasteiger partial charge in [-0.05, 0) is 11.6 Å². The van der Waals surface area contributed by atoms with Crippen molar-refractivity contribution < 1.29 is 14.7 Å². The number of nitrogens with one attached hydrogen (secondary N) is 3. The van der Waals surface area contributed by atoms with Crippen LogP contribution in [0.4, 0.5) is 0 Å². The molecule has 2 atom stereocenters. The average Bonchev–Trinajstić information content (AvgIpc) is 3.24. The molecule has 0 aliphatic rings. The van der Waals surface area contributed by atoms with Crippen molar-refractivity contribution in [3.8, 4) is 0 Å². The predicted molar refractivity (Wildman–Crippen MR) is 99.1 cm³/mol. The molecule has 6 N–H and O–H groups in total. The first-order chi connectivity index (χ1) is 12.0. The lowest BCUT2D eigenvalue weighted by molar-refractivity contribution is -0.141.